The molecule has 5 atom stereocenters. The summed E-state index contributed by atoms with van der Waals surface area (Å²) in [7, 11) is 0. The lowest BCUT2D eigenvalue weighted by atomic mass is 9.56. The largest absolute Gasteiger partial charge is 0.459 e. The highest BCUT2D eigenvalue weighted by Gasteiger charge is 2.76. The minimum atomic E-state index is -0.552. The van der Waals surface area contributed by atoms with Gasteiger partial charge in [0.15, 0.2) is 0 Å². The van der Waals surface area contributed by atoms with Crippen LogP contribution in [-0.4, -0.2) is 22.3 Å². The molecule has 0 amide bonds. The van der Waals surface area contributed by atoms with Gasteiger partial charge in [-0.15, -0.1) is 0 Å². The minimum absolute atomic E-state index is 0.0523. The van der Waals surface area contributed by atoms with Crippen LogP contribution in [0.5, 0.6) is 0 Å². The van der Waals surface area contributed by atoms with Crippen molar-refractivity contribution in [2.75, 3.05) is 0 Å². The van der Waals surface area contributed by atoms with Crippen molar-refractivity contribution in [3.05, 3.63) is 0 Å². The molecular weight excluding hydrogens is 264 g/mol. The SMILES string of the molecule is CCCC(C)(C)C(=O)OC12CC3CC4CC(O)(C1)CC43C2. The van der Waals surface area contributed by atoms with Gasteiger partial charge in [0.25, 0.3) is 0 Å². The highest BCUT2D eigenvalue weighted by Crippen LogP contribution is 2.78. The molecule has 0 heterocycles. The number of carbonyl (C=O) groups excluding carboxylic acids is 1. The van der Waals surface area contributed by atoms with E-state index >= 15 is 0 Å². The van der Waals surface area contributed by atoms with Gasteiger partial charge in [-0.1, -0.05) is 13.3 Å². The van der Waals surface area contributed by atoms with Gasteiger partial charge in [-0.2, -0.15) is 0 Å². The Balaban J connectivity index is 1.58. The zero-order valence-corrected chi connectivity index (χ0v) is 13.6. The maximum Gasteiger partial charge on any atom is 0.312 e. The minimum Gasteiger partial charge on any atom is -0.459 e. The number of fused-ring (bicyclic) bond motifs is 2. The fourth-order valence-electron chi connectivity index (χ4n) is 6.51. The fraction of sp³-hybridized carbons (Fsp3) is 0.944. The van der Waals surface area contributed by atoms with E-state index in [1.165, 1.54) is 6.42 Å². The van der Waals surface area contributed by atoms with E-state index in [4.69, 9.17) is 4.74 Å². The third-order valence-electron chi connectivity index (χ3n) is 7.14. The lowest BCUT2D eigenvalue weighted by Crippen LogP contribution is -2.48. The van der Waals surface area contributed by atoms with Crippen molar-refractivity contribution in [1.82, 2.24) is 0 Å². The maximum atomic E-state index is 12.7. The molecule has 21 heavy (non-hydrogen) atoms. The standard InChI is InChI=1S/C18H28O3/c1-4-5-15(2,3)14(19)21-17-8-13-6-12-7-16(20,9-17)10-18(12,13)11-17/h12-13,20H,4-11H2,1-3H3. The average molecular weight is 292 g/mol. The van der Waals surface area contributed by atoms with Gasteiger partial charge in [0, 0.05) is 6.42 Å². The molecule has 118 valence electrons. The van der Waals surface area contributed by atoms with Crippen LogP contribution in [0.3, 0.4) is 0 Å². The summed E-state index contributed by atoms with van der Waals surface area (Å²) in [5.41, 5.74) is -0.988. The van der Waals surface area contributed by atoms with E-state index in [1.807, 2.05) is 13.8 Å². The Morgan fingerprint density at radius 3 is 2.67 bits per heavy atom. The number of ether oxygens (including phenoxy) is 1. The number of aliphatic hydroxyl groups is 1. The first-order valence-electron chi connectivity index (χ1n) is 8.69. The topological polar surface area (TPSA) is 46.5 Å². The normalized spacial score (nSPS) is 49.9. The molecule has 5 unspecified atom stereocenters. The number of hydrogen-bond acceptors (Lipinski definition) is 3. The zero-order chi connectivity index (χ0) is 15.1. The fourth-order valence-corrected chi connectivity index (χ4v) is 6.51. The summed E-state index contributed by atoms with van der Waals surface area (Å²) in [5.74, 6) is 1.34. The Bertz CT molecular complexity index is 495. The van der Waals surface area contributed by atoms with Crippen LogP contribution in [0.15, 0.2) is 0 Å². The van der Waals surface area contributed by atoms with E-state index in [1.54, 1.807) is 0 Å². The number of rotatable bonds is 4. The van der Waals surface area contributed by atoms with Crippen molar-refractivity contribution < 1.29 is 14.6 Å². The van der Waals surface area contributed by atoms with Crippen LogP contribution in [0, 0.1) is 22.7 Å². The van der Waals surface area contributed by atoms with Crippen LogP contribution in [0.1, 0.15) is 72.1 Å². The molecule has 4 fully saturated rings. The highest BCUT2D eigenvalue weighted by molar-refractivity contribution is 5.76. The van der Waals surface area contributed by atoms with Gasteiger partial charge in [0.1, 0.15) is 5.60 Å². The van der Waals surface area contributed by atoms with Crippen molar-refractivity contribution in [3.8, 4) is 0 Å². The predicted octanol–water partition coefficient (Wildman–Crippen LogP) is 3.44. The van der Waals surface area contributed by atoms with E-state index in [0.29, 0.717) is 23.7 Å². The lowest BCUT2D eigenvalue weighted by Gasteiger charge is -2.49. The molecule has 0 aromatic heterocycles. The summed E-state index contributed by atoms with van der Waals surface area (Å²) in [6.45, 7) is 6.09. The molecule has 1 spiro atoms. The van der Waals surface area contributed by atoms with Gasteiger partial charge in [-0.05, 0) is 69.6 Å². The first-order valence-corrected chi connectivity index (χ1v) is 8.69. The monoisotopic (exact) mass is 292 g/mol. The Morgan fingerprint density at radius 2 is 1.95 bits per heavy atom. The number of hydrogen-bond donors (Lipinski definition) is 1. The Hall–Kier alpha value is -0.570. The summed E-state index contributed by atoms with van der Waals surface area (Å²) in [6.07, 6.45) is 7.72. The highest BCUT2D eigenvalue weighted by atomic mass is 16.6. The van der Waals surface area contributed by atoms with Crippen molar-refractivity contribution in [1.29, 1.82) is 0 Å². The summed E-state index contributed by atoms with van der Waals surface area (Å²) in [5, 5.41) is 10.9. The van der Waals surface area contributed by atoms with Crippen molar-refractivity contribution >= 4 is 5.97 Å². The molecule has 3 nitrogen and oxygen atoms in total. The van der Waals surface area contributed by atoms with Crippen molar-refractivity contribution in [2.45, 2.75) is 83.3 Å². The molecule has 4 rings (SSSR count). The molecule has 1 N–H and O–H groups in total. The molecular formula is C18H28O3. The van der Waals surface area contributed by atoms with Gasteiger partial charge in [0.2, 0.25) is 0 Å². The van der Waals surface area contributed by atoms with Gasteiger partial charge in [-0.25, -0.2) is 0 Å². The van der Waals surface area contributed by atoms with E-state index in [2.05, 4.69) is 6.92 Å². The second-order valence-corrected chi connectivity index (χ2v) is 9.23. The third kappa shape index (κ3) is 1.73. The van der Waals surface area contributed by atoms with E-state index in [-0.39, 0.29) is 11.6 Å². The Morgan fingerprint density at radius 1 is 1.24 bits per heavy atom. The molecule has 0 aromatic carbocycles. The Kier molecular flexibility index (Phi) is 2.57. The van der Waals surface area contributed by atoms with Crippen LogP contribution in [0.25, 0.3) is 0 Å². The van der Waals surface area contributed by atoms with Crippen molar-refractivity contribution in [2.24, 2.45) is 22.7 Å². The predicted molar refractivity (Wildman–Crippen MR) is 79.6 cm³/mol. The molecule has 0 aromatic rings. The third-order valence-corrected chi connectivity index (χ3v) is 7.14. The van der Waals surface area contributed by atoms with Gasteiger partial charge >= 0.3 is 5.97 Å². The molecule has 4 aliphatic carbocycles. The van der Waals surface area contributed by atoms with Crippen LogP contribution in [-0.2, 0) is 9.53 Å². The molecule has 0 saturated heterocycles. The molecule has 3 heteroatoms. The second-order valence-electron chi connectivity index (χ2n) is 9.23. The van der Waals surface area contributed by atoms with E-state index < -0.39 is 11.0 Å². The number of carbonyl (C=O) groups is 1. The van der Waals surface area contributed by atoms with Crippen molar-refractivity contribution in [3.63, 3.8) is 0 Å². The second kappa shape index (κ2) is 3.84. The summed E-state index contributed by atoms with van der Waals surface area (Å²) in [4.78, 5) is 12.7. The summed E-state index contributed by atoms with van der Waals surface area (Å²) >= 11 is 0. The van der Waals surface area contributed by atoms with Crippen LogP contribution in [0.2, 0.25) is 0 Å². The maximum absolute atomic E-state index is 12.7. The van der Waals surface area contributed by atoms with Gasteiger partial charge in [0.05, 0.1) is 11.0 Å². The Labute approximate surface area is 127 Å². The van der Waals surface area contributed by atoms with Gasteiger partial charge in [-0.3, -0.25) is 4.79 Å². The van der Waals surface area contributed by atoms with E-state index in [9.17, 15) is 9.90 Å². The first-order chi connectivity index (χ1) is 9.73. The summed E-state index contributed by atoms with van der Waals surface area (Å²) in [6, 6.07) is 0. The molecule has 0 radical (unpaired) electrons. The average Bonchev–Trinajstić information content (AvgIpc) is 2.63. The van der Waals surface area contributed by atoms with Crippen LogP contribution >= 0.6 is 0 Å². The molecule has 4 aliphatic rings. The molecule has 0 aliphatic heterocycles. The van der Waals surface area contributed by atoms with E-state index in [0.717, 1.165) is 38.5 Å². The zero-order valence-electron chi connectivity index (χ0n) is 13.6. The van der Waals surface area contributed by atoms with Crippen LogP contribution in [0.4, 0.5) is 0 Å². The molecule has 3 bridgehead atoms. The number of esters is 1. The quantitative estimate of drug-likeness (QED) is 0.807. The first kappa shape index (κ1) is 14.0. The summed E-state index contributed by atoms with van der Waals surface area (Å²) < 4.78 is 6.13. The molecule has 4 saturated carbocycles. The smallest absolute Gasteiger partial charge is 0.312 e. The lowest BCUT2D eigenvalue weighted by molar-refractivity contribution is -0.181. The van der Waals surface area contributed by atoms with Gasteiger partial charge < -0.3 is 9.84 Å². The van der Waals surface area contributed by atoms with Crippen LogP contribution < -0.4 is 0 Å².